The van der Waals surface area contributed by atoms with Crippen molar-refractivity contribution < 1.29 is 4.92 Å². The lowest BCUT2D eigenvalue weighted by Gasteiger charge is -1.98. The topological polar surface area (TPSA) is 73.8 Å². The van der Waals surface area contributed by atoms with Crippen molar-refractivity contribution in [1.82, 2.24) is 15.0 Å². The van der Waals surface area contributed by atoms with Gasteiger partial charge in [0.25, 0.3) is 5.69 Å². The van der Waals surface area contributed by atoms with Gasteiger partial charge in [-0.15, -0.1) is 10.2 Å². The minimum atomic E-state index is -0.459. The molecule has 0 aliphatic heterocycles. The summed E-state index contributed by atoms with van der Waals surface area (Å²) in [6.45, 7) is 1.99. The fraction of sp³-hybridized carbons (Fsp3) is 0.0769. The van der Waals surface area contributed by atoms with Gasteiger partial charge in [-0.1, -0.05) is 17.7 Å². The van der Waals surface area contributed by atoms with Crippen LogP contribution in [0.25, 0.3) is 16.7 Å². The zero-order valence-corrected chi connectivity index (χ0v) is 13.9. The number of halogens is 2. The number of fused-ring (bicyclic) bond motifs is 1. The number of benzene rings is 2. The van der Waals surface area contributed by atoms with Crippen LogP contribution in [0.3, 0.4) is 0 Å². The Balaban J connectivity index is 2.22. The van der Waals surface area contributed by atoms with E-state index in [0.717, 1.165) is 11.3 Å². The van der Waals surface area contributed by atoms with Crippen LogP contribution in [0.5, 0.6) is 0 Å². The second kappa shape index (κ2) is 5.19. The molecule has 0 unspecified atom stereocenters. The molecule has 0 spiro atoms. The highest BCUT2D eigenvalue weighted by Gasteiger charge is 2.21. The number of aryl methyl sites for hydroxylation is 1. The van der Waals surface area contributed by atoms with Crippen molar-refractivity contribution in [3.8, 4) is 5.69 Å². The largest absolute Gasteiger partial charge is 0.287 e. The highest BCUT2D eigenvalue weighted by Crippen LogP contribution is 2.37. The number of aromatic nitrogens is 3. The van der Waals surface area contributed by atoms with E-state index in [9.17, 15) is 10.1 Å². The zero-order chi connectivity index (χ0) is 15.1. The monoisotopic (exact) mass is 410 g/mol. The van der Waals surface area contributed by atoms with Gasteiger partial charge in [-0.25, -0.2) is 0 Å². The molecule has 2 aromatic carbocycles. The second-order valence-corrected chi connectivity index (χ2v) is 6.06. The summed E-state index contributed by atoms with van der Waals surface area (Å²) in [5.41, 5.74) is 2.90. The van der Waals surface area contributed by atoms with E-state index in [1.807, 2.05) is 31.2 Å². The maximum atomic E-state index is 11.0. The van der Waals surface area contributed by atoms with Gasteiger partial charge in [0.1, 0.15) is 15.5 Å². The lowest BCUT2D eigenvalue weighted by molar-refractivity contribution is -0.385. The van der Waals surface area contributed by atoms with Gasteiger partial charge in [-0.05, 0) is 50.9 Å². The fourth-order valence-electron chi connectivity index (χ4n) is 1.91. The number of nitro benzene ring substituents is 1. The molecular weight excluding hydrogens is 404 g/mol. The summed E-state index contributed by atoms with van der Waals surface area (Å²) < 4.78 is 0.876. The van der Waals surface area contributed by atoms with Crippen LogP contribution < -0.4 is 0 Å². The first kappa shape index (κ1) is 14.2. The summed E-state index contributed by atoms with van der Waals surface area (Å²) in [4.78, 5) is 12.0. The van der Waals surface area contributed by atoms with E-state index < -0.39 is 4.92 Å². The number of nitrogens with zero attached hydrogens (tertiary/aromatic N) is 4. The van der Waals surface area contributed by atoms with Crippen LogP contribution in [0, 0.1) is 17.0 Å². The molecule has 0 fully saturated rings. The van der Waals surface area contributed by atoms with Crippen LogP contribution in [-0.2, 0) is 0 Å². The smallest absolute Gasteiger partial charge is 0.258 e. The van der Waals surface area contributed by atoms with Gasteiger partial charge in [-0.3, -0.25) is 10.1 Å². The Labute approximate surface area is 136 Å². The number of nitro groups is 1. The van der Waals surface area contributed by atoms with Crippen LogP contribution in [-0.4, -0.2) is 19.9 Å². The molecule has 0 atom stereocenters. The molecule has 0 N–H and O–H groups in total. The maximum absolute atomic E-state index is 11.0. The van der Waals surface area contributed by atoms with Crippen LogP contribution in [0.2, 0.25) is 0 Å². The molecule has 0 saturated heterocycles. The van der Waals surface area contributed by atoms with Gasteiger partial charge in [0.15, 0.2) is 0 Å². The first-order chi connectivity index (χ1) is 9.97. The van der Waals surface area contributed by atoms with E-state index in [1.165, 1.54) is 10.9 Å². The average Bonchev–Trinajstić information content (AvgIpc) is 2.87. The van der Waals surface area contributed by atoms with Crippen molar-refractivity contribution in [2.45, 2.75) is 6.92 Å². The summed E-state index contributed by atoms with van der Waals surface area (Å²) in [6, 6.07) is 9.10. The van der Waals surface area contributed by atoms with Gasteiger partial charge >= 0.3 is 0 Å². The van der Waals surface area contributed by atoms with Crippen LogP contribution >= 0.6 is 31.9 Å². The lowest BCUT2D eigenvalue weighted by atomic mass is 10.2. The molecule has 0 amide bonds. The Morgan fingerprint density at radius 1 is 1.14 bits per heavy atom. The van der Waals surface area contributed by atoms with Gasteiger partial charge in [0.05, 0.1) is 15.1 Å². The molecule has 3 rings (SSSR count). The molecule has 1 heterocycles. The Bertz CT molecular complexity index is 859. The Morgan fingerprint density at radius 2 is 1.81 bits per heavy atom. The number of hydrogen-bond acceptors (Lipinski definition) is 4. The van der Waals surface area contributed by atoms with E-state index >= 15 is 0 Å². The molecule has 0 aliphatic rings. The normalized spacial score (nSPS) is 11.0. The van der Waals surface area contributed by atoms with Gasteiger partial charge in [0, 0.05) is 6.07 Å². The van der Waals surface area contributed by atoms with Crippen molar-refractivity contribution in [2.24, 2.45) is 0 Å². The predicted molar refractivity (Wildman–Crippen MR) is 85.7 cm³/mol. The SMILES string of the molecule is Cc1ccc(-n2nc3cc([N+](=O)[O-])c(Br)c(Br)c3n2)cc1. The highest BCUT2D eigenvalue weighted by molar-refractivity contribution is 9.13. The molecule has 1 aromatic heterocycles. The summed E-state index contributed by atoms with van der Waals surface area (Å²) in [6.07, 6.45) is 0. The van der Waals surface area contributed by atoms with Crippen LogP contribution in [0.15, 0.2) is 39.3 Å². The molecule has 3 aromatic rings. The maximum Gasteiger partial charge on any atom is 0.287 e. The van der Waals surface area contributed by atoms with Crippen molar-refractivity contribution in [2.75, 3.05) is 0 Å². The van der Waals surface area contributed by atoms with Crippen molar-refractivity contribution in [3.05, 3.63) is 55.0 Å². The minimum absolute atomic E-state index is 0.0506. The first-order valence-corrected chi connectivity index (χ1v) is 7.52. The minimum Gasteiger partial charge on any atom is -0.258 e. The molecule has 0 bridgehead atoms. The molecule has 8 heteroatoms. The van der Waals surface area contributed by atoms with E-state index in [2.05, 4.69) is 42.1 Å². The van der Waals surface area contributed by atoms with Crippen molar-refractivity contribution in [1.29, 1.82) is 0 Å². The highest BCUT2D eigenvalue weighted by atomic mass is 79.9. The fourth-order valence-corrected chi connectivity index (χ4v) is 2.84. The Kier molecular flexibility index (Phi) is 3.50. The number of hydrogen-bond donors (Lipinski definition) is 0. The van der Waals surface area contributed by atoms with Gasteiger partial charge < -0.3 is 0 Å². The summed E-state index contributed by atoms with van der Waals surface area (Å²) >= 11 is 6.54. The average molecular weight is 412 g/mol. The van der Waals surface area contributed by atoms with Gasteiger partial charge in [0.2, 0.25) is 0 Å². The zero-order valence-electron chi connectivity index (χ0n) is 10.7. The van der Waals surface area contributed by atoms with E-state index in [4.69, 9.17) is 0 Å². The Morgan fingerprint density at radius 3 is 2.43 bits per heavy atom. The van der Waals surface area contributed by atoms with Gasteiger partial charge in [-0.2, -0.15) is 4.80 Å². The summed E-state index contributed by atoms with van der Waals surface area (Å²) in [7, 11) is 0. The molecule has 0 aliphatic carbocycles. The van der Waals surface area contributed by atoms with E-state index in [0.29, 0.717) is 20.0 Å². The summed E-state index contributed by atoms with van der Waals surface area (Å²) in [5.74, 6) is 0. The first-order valence-electron chi connectivity index (χ1n) is 5.94. The van der Waals surface area contributed by atoms with Crippen molar-refractivity contribution >= 4 is 48.6 Å². The standard InChI is InChI=1S/C13H8Br2N4O2/c1-7-2-4-8(5-3-7)18-16-9-6-10(19(20)21)11(14)12(15)13(9)17-18/h2-6H,1H3. The predicted octanol–water partition coefficient (Wildman–Crippen LogP) is 4.16. The third kappa shape index (κ3) is 2.44. The summed E-state index contributed by atoms with van der Waals surface area (Å²) in [5, 5.41) is 19.7. The molecule has 6 nitrogen and oxygen atoms in total. The lowest BCUT2D eigenvalue weighted by Crippen LogP contribution is -1.97. The van der Waals surface area contributed by atoms with E-state index in [1.54, 1.807) is 0 Å². The molecular formula is C13H8Br2N4O2. The number of rotatable bonds is 2. The third-order valence-corrected chi connectivity index (χ3v) is 5.11. The molecule has 21 heavy (non-hydrogen) atoms. The molecule has 106 valence electrons. The molecule has 0 radical (unpaired) electrons. The van der Waals surface area contributed by atoms with Crippen LogP contribution in [0.1, 0.15) is 5.56 Å². The third-order valence-electron chi connectivity index (χ3n) is 3.00. The van der Waals surface area contributed by atoms with Crippen molar-refractivity contribution in [3.63, 3.8) is 0 Å². The molecule has 0 saturated carbocycles. The Hall–Kier alpha value is -1.80. The van der Waals surface area contributed by atoms with E-state index in [-0.39, 0.29) is 5.69 Å². The second-order valence-electron chi connectivity index (χ2n) is 4.47. The van der Waals surface area contributed by atoms with Crippen LogP contribution in [0.4, 0.5) is 5.69 Å². The quantitative estimate of drug-likeness (QED) is 0.468.